The number of nitrogens with zero attached hydrogens (tertiary/aromatic N) is 1. The molecule has 2 rings (SSSR count). The molecule has 1 heterocycles. The fourth-order valence-electron chi connectivity index (χ4n) is 1.57. The Hall–Kier alpha value is -1.57. The highest BCUT2D eigenvalue weighted by atomic mass is 16.3. The van der Waals surface area contributed by atoms with Crippen LogP contribution in [0.3, 0.4) is 0 Å². The van der Waals surface area contributed by atoms with Gasteiger partial charge in [-0.1, -0.05) is 6.07 Å². The van der Waals surface area contributed by atoms with Crippen LogP contribution in [0.15, 0.2) is 29.1 Å². The van der Waals surface area contributed by atoms with Crippen LogP contribution in [0.5, 0.6) is 0 Å². The van der Waals surface area contributed by atoms with Gasteiger partial charge in [0.2, 0.25) is 0 Å². The molecule has 0 bridgehead atoms. The molecule has 0 aliphatic carbocycles. The molecule has 2 aromatic rings. The van der Waals surface area contributed by atoms with Gasteiger partial charge in [0.25, 0.3) is 0 Å². The molecule has 0 aliphatic heterocycles. The van der Waals surface area contributed by atoms with Gasteiger partial charge in [0.15, 0.2) is 12.2 Å². The van der Waals surface area contributed by atoms with Crippen LogP contribution in [-0.4, -0.2) is 4.98 Å². The van der Waals surface area contributed by atoms with Gasteiger partial charge in [0.1, 0.15) is 0 Å². The molecule has 0 spiro atoms. The zero-order valence-electron chi connectivity index (χ0n) is 8.66. The minimum atomic E-state index is 0.839. The molecule has 0 amide bonds. The lowest BCUT2D eigenvalue weighted by atomic mass is 10.00. The van der Waals surface area contributed by atoms with E-state index in [2.05, 4.69) is 37.9 Å². The Morgan fingerprint density at radius 3 is 2.36 bits per heavy atom. The van der Waals surface area contributed by atoms with Gasteiger partial charge < -0.3 is 4.42 Å². The predicted octanol–water partition coefficient (Wildman–Crippen LogP) is 3.27. The van der Waals surface area contributed by atoms with Crippen LogP contribution in [0, 0.1) is 20.8 Å². The first-order valence-electron chi connectivity index (χ1n) is 4.65. The molecular formula is C12H13NO. The van der Waals surface area contributed by atoms with E-state index in [1.165, 1.54) is 23.1 Å². The summed E-state index contributed by atoms with van der Waals surface area (Å²) in [5.41, 5.74) is 4.95. The first-order chi connectivity index (χ1) is 6.68. The fourth-order valence-corrected chi connectivity index (χ4v) is 1.57. The zero-order chi connectivity index (χ0) is 10.1. The lowest BCUT2D eigenvalue weighted by Crippen LogP contribution is -1.87. The van der Waals surface area contributed by atoms with Crippen molar-refractivity contribution in [3.63, 3.8) is 0 Å². The Labute approximate surface area is 83.6 Å². The summed E-state index contributed by atoms with van der Waals surface area (Å²) >= 11 is 0. The number of hydrogen-bond acceptors (Lipinski definition) is 2. The summed E-state index contributed by atoms with van der Waals surface area (Å²) in [6.45, 7) is 6.31. The van der Waals surface area contributed by atoms with E-state index in [4.69, 9.17) is 4.42 Å². The molecule has 72 valence electrons. The summed E-state index contributed by atoms with van der Waals surface area (Å²) in [6.07, 6.45) is 3.21. The fraction of sp³-hybridized carbons (Fsp3) is 0.250. The Kier molecular flexibility index (Phi) is 2.12. The standard InChI is InChI=1S/C12H13NO/c1-8-4-10(3)11(5-9(8)2)12-6-13-7-14-12/h4-7H,1-3H3. The molecule has 0 fully saturated rings. The Bertz CT molecular complexity index is 444. The zero-order valence-corrected chi connectivity index (χ0v) is 8.66. The highest BCUT2D eigenvalue weighted by Crippen LogP contribution is 2.25. The first-order valence-corrected chi connectivity index (χ1v) is 4.65. The van der Waals surface area contributed by atoms with Gasteiger partial charge >= 0.3 is 0 Å². The number of hydrogen-bond donors (Lipinski definition) is 0. The molecule has 0 radical (unpaired) electrons. The number of oxazole rings is 1. The Balaban J connectivity index is 2.60. The van der Waals surface area contributed by atoms with Gasteiger partial charge in [-0.2, -0.15) is 0 Å². The van der Waals surface area contributed by atoms with Crippen molar-refractivity contribution in [2.45, 2.75) is 20.8 Å². The molecule has 0 unspecified atom stereocenters. The summed E-state index contributed by atoms with van der Waals surface area (Å²) < 4.78 is 5.28. The van der Waals surface area contributed by atoms with Gasteiger partial charge in [-0.25, -0.2) is 4.98 Å². The second-order valence-electron chi connectivity index (χ2n) is 3.62. The van der Waals surface area contributed by atoms with Crippen LogP contribution in [0.2, 0.25) is 0 Å². The second-order valence-corrected chi connectivity index (χ2v) is 3.62. The van der Waals surface area contributed by atoms with E-state index in [1.54, 1.807) is 6.20 Å². The number of rotatable bonds is 1. The van der Waals surface area contributed by atoms with Crippen LogP contribution < -0.4 is 0 Å². The molecule has 2 nitrogen and oxygen atoms in total. The van der Waals surface area contributed by atoms with Gasteiger partial charge in [-0.3, -0.25) is 0 Å². The molecule has 0 saturated heterocycles. The minimum Gasteiger partial charge on any atom is -0.444 e. The second kappa shape index (κ2) is 3.29. The van der Waals surface area contributed by atoms with Crippen molar-refractivity contribution in [1.82, 2.24) is 4.98 Å². The third-order valence-corrected chi connectivity index (χ3v) is 2.54. The van der Waals surface area contributed by atoms with E-state index < -0.39 is 0 Å². The molecular weight excluding hydrogens is 174 g/mol. The van der Waals surface area contributed by atoms with Crippen LogP contribution in [0.4, 0.5) is 0 Å². The molecule has 0 saturated carbocycles. The van der Waals surface area contributed by atoms with Crippen LogP contribution in [0.25, 0.3) is 11.3 Å². The molecule has 0 atom stereocenters. The van der Waals surface area contributed by atoms with E-state index in [-0.39, 0.29) is 0 Å². The van der Waals surface area contributed by atoms with E-state index in [0.29, 0.717) is 0 Å². The number of aryl methyl sites for hydroxylation is 3. The van der Waals surface area contributed by atoms with Crippen molar-refractivity contribution >= 4 is 0 Å². The SMILES string of the molecule is Cc1cc(C)c(-c2cnco2)cc1C. The van der Waals surface area contributed by atoms with Crippen molar-refractivity contribution in [2.24, 2.45) is 0 Å². The average Bonchev–Trinajstić information content (AvgIpc) is 2.64. The summed E-state index contributed by atoms with van der Waals surface area (Å²) in [5, 5.41) is 0. The minimum absolute atomic E-state index is 0.839. The van der Waals surface area contributed by atoms with Crippen molar-refractivity contribution in [3.05, 3.63) is 41.4 Å². The smallest absolute Gasteiger partial charge is 0.181 e. The number of aromatic nitrogens is 1. The third-order valence-electron chi connectivity index (χ3n) is 2.54. The van der Waals surface area contributed by atoms with Crippen LogP contribution in [0.1, 0.15) is 16.7 Å². The number of benzene rings is 1. The van der Waals surface area contributed by atoms with E-state index >= 15 is 0 Å². The van der Waals surface area contributed by atoms with E-state index in [0.717, 1.165) is 11.3 Å². The highest BCUT2D eigenvalue weighted by molar-refractivity contribution is 5.63. The topological polar surface area (TPSA) is 26.0 Å². The largest absolute Gasteiger partial charge is 0.444 e. The summed E-state index contributed by atoms with van der Waals surface area (Å²) in [4.78, 5) is 3.93. The Morgan fingerprint density at radius 2 is 1.71 bits per heavy atom. The van der Waals surface area contributed by atoms with Crippen molar-refractivity contribution in [1.29, 1.82) is 0 Å². The predicted molar refractivity (Wildman–Crippen MR) is 56.2 cm³/mol. The maximum atomic E-state index is 5.28. The van der Waals surface area contributed by atoms with Crippen molar-refractivity contribution in [2.75, 3.05) is 0 Å². The van der Waals surface area contributed by atoms with E-state index in [9.17, 15) is 0 Å². The third kappa shape index (κ3) is 1.43. The average molecular weight is 187 g/mol. The monoisotopic (exact) mass is 187 g/mol. The van der Waals surface area contributed by atoms with Gasteiger partial charge in [0, 0.05) is 5.56 Å². The summed E-state index contributed by atoms with van der Waals surface area (Å²) in [6, 6.07) is 4.32. The molecule has 14 heavy (non-hydrogen) atoms. The molecule has 0 N–H and O–H groups in total. The normalized spacial score (nSPS) is 10.5. The quantitative estimate of drug-likeness (QED) is 0.684. The van der Waals surface area contributed by atoms with Crippen molar-refractivity contribution < 1.29 is 4.42 Å². The maximum absolute atomic E-state index is 5.28. The van der Waals surface area contributed by atoms with Crippen molar-refractivity contribution in [3.8, 4) is 11.3 Å². The lowest BCUT2D eigenvalue weighted by molar-refractivity contribution is 0.571. The summed E-state index contributed by atoms with van der Waals surface area (Å²) in [5.74, 6) is 0.839. The lowest BCUT2D eigenvalue weighted by Gasteiger charge is -2.06. The maximum Gasteiger partial charge on any atom is 0.181 e. The van der Waals surface area contributed by atoms with Crippen LogP contribution >= 0.6 is 0 Å². The van der Waals surface area contributed by atoms with E-state index in [1.807, 2.05) is 0 Å². The first kappa shape index (κ1) is 9.00. The van der Waals surface area contributed by atoms with Gasteiger partial charge in [-0.15, -0.1) is 0 Å². The van der Waals surface area contributed by atoms with Crippen LogP contribution in [-0.2, 0) is 0 Å². The van der Waals surface area contributed by atoms with Gasteiger partial charge in [0.05, 0.1) is 6.20 Å². The Morgan fingerprint density at radius 1 is 1.00 bits per heavy atom. The summed E-state index contributed by atoms with van der Waals surface area (Å²) in [7, 11) is 0. The molecule has 1 aromatic heterocycles. The molecule has 0 aliphatic rings. The highest BCUT2D eigenvalue weighted by Gasteiger charge is 2.06. The molecule has 1 aromatic carbocycles. The van der Waals surface area contributed by atoms with Gasteiger partial charge in [-0.05, 0) is 43.5 Å². The molecule has 2 heteroatoms.